The second-order valence-corrected chi connectivity index (χ2v) is 6.86. The van der Waals surface area contributed by atoms with E-state index in [4.69, 9.17) is 0 Å². The highest BCUT2D eigenvalue weighted by Crippen LogP contribution is 2.21. The molecule has 1 heterocycles. The molecule has 2 aromatic rings. The molecule has 0 saturated heterocycles. The third kappa shape index (κ3) is 5.58. The third-order valence-electron chi connectivity index (χ3n) is 3.81. The molecule has 0 aliphatic carbocycles. The fourth-order valence-electron chi connectivity index (χ4n) is 2.46. The van der Waals surface area contributed by atoms with E-state index >= 15 is 0 Å². The molecule has 6 nitrogen and oxygen atoms in total. The molecule has 1 aromatic heterocycles. The Morgan fingerprint density at radius 1 is 1.20 bits per heavy atom. The number of likely N-dealkylation sites (N-methyl/N-ethyl adjacent to an activating group) is 1. The van der Waals surface area contributed by atoms with Gasteiger partial charge in [-0.25, -0.2) is 4.79 Å². The van der Waals surface area contributed by atoms with Crippen molar-refractivity contribution in [2.45, 2.75) is 19.9 Å². The van der Waals surface area contributed by atoms with Gasteiger partial charge < -0.3 is 20.9 Å². The van der Waals surface area contributed by atoms with Crippen LogP contribution in [0.15, 0.2) is 35.0 Å². The summed E-state index contributed by atoms with van der Waals surface area (Å²) < 4.78 is 0. The van der Waals surface area contributed by atoms with Gasteiger partial charge >= 0.3 is 6.03 Å². The first-order valence-corrected chi connectivity index (χ1v) is 8.92. The normalized spacial score (nSPS) is 11.9. The van der Waals surface area contributed by atoms with Gasteiger partial charge in [-0.2, -0.15) is 11.3 Å². The molecule has 2 rings (SSSR count). The number of nitrogens with one attached hydrogen (secondary N) is 3. The maximum atomic E-state index is 12.3. The number of urea groups is 1. The number of carbonyl (C=O) groups excluding carboxylic acids is 2. The number of rotatable bonds is 6. The molecule has 0 radical (unpaired) electrons. The minimum atomic E-state index is -0.273. The molecule has 1 unspecified atom stereocenters. The van der Waals surface area contributed by atoms with Crippen LogP contribution in [0.2, 0.25) is 0 Å². The first kappa shape index (κ1) is 19.0. The van der Waals surface area contributed by atoms with Crippen LogP contribution in [0.5, 0.6) is 0 Å². The highest BCUT2D eigenvalue weighted by atomic mass is 32.1. The average molecular weight is 360 g/mol. The molecule has 0 saturated carbocycles. The van der Waals surface area contributed by atoms with Crippen molar-refractivity contribution in [2.24, 2.45) is 0 Å². The number of carbonyl (C=O) groups is 2. The molecule has 0 bridgehead atoms. The molecule has 134 valence electrons. The summed E-state index contributed by atoms with van der Waals surface area (Å²) in [5.74, 6) is -0.149. The molecular formula is C18H24N4O2S. The number of amides is 3. The van der Waals surface area contributed by atoms with Crippen LogP contribution >= 0.6 is 11.3 Å². The van der Waals surface area contributed by atoms with Gasteiger partial charge in [-0.3, -0.25) is 4.79 Å². The van der Waals surface area contributed by atoms with Crippen molar-refractivity contribution in [3.63, 3.8) is 0 Å². The maximum Gasteiger partial charge on any atom is 0.319 e. The molecule has 25 heavy (non-hydrogen) atoms. The van der Waals surface area contributed by atoms with Crippen LogP contribution < -0.4 is 16.0 Å². The SMILES string of the molecule is CC(=O)Nc1ccc(C)c(NC(=O)NCC(c2ccsc2)N(C)C)c1. The molecule has 3 amide bonds. The van der Waals surface area contributed by atoms with E-state index in [1.54, 1.807) is 23.5 Å². The zero-order valence-corrected chi connectivity index (χ0v) is 15.7. The highest BCUT2D eigenvalue weighted by molar-refractivity contribution is 7.07. The number of aryl methyl sites for hydroxylation is 1. The second-order valence-electron chi connectivity index (χ2n) is 6.08. The Bertz CT molecular complexity index is 729. The van der Waals surface area contributed by atoms with Gasteiger partial charge in [0.15, 0.2) is 0 Å². The standard InChI is InChI=1S/C18H24N4O2S/c1-12-5-6-15(20-13(2)23)9-16(12)21-18(24)19-10-17(22(3)4)14-7-8-25-11-14/h5-9,11,17H,10H2,1-4H3,(H,20,23)(H2,19,21,24). The van der Waals surface area contributed by atoms with E-state index in [0.717, 1.165) is 5.56 Å². The van der Waals surface area contributed by atoms with Crippen LogP contribution in [0.25, 0.3) is 0 Å². The van der Waals surface area contributed by atoms with Crippen LogP contribution in [-0.4, -0.2) is 37.5 Å². The van der Waals surface area contributed by atoms with Gasteiger partial charge in [-0.05, 0) is 61.1 Å². The van der Waals surface area contributed by atoms with Gasteiger partial charge in [0.2, 0.25) is 5.91 Å². The summed E-state index contributed by atoms with van der Waals surface area (Å²) in [7, 11) is 3.98. The molecule has 0 spiro atoms. The lowest BCUT2D eigenvalue weighted by Crippen LogP contribution is -2.36. The number of benzene rings is 1. The first-order chi connectivity index (χ1) is 11.9. The van der Waals surface area contributed by atoms with E-state index in [-0.39, 0.29) is 18.0 Å². The summed E-state index contributed by atoms with van der Waals surface area (Å²) >= 11 is 1.64. The predicted molar refractivity (Wildman–Crippen MR) is 103 cm³/mol. The first-order valence-electron chi connectivity index (χ1n) is 7.98. The smallest absolute Gasteiger partial charge is 0.319 e. The molecule has 0 fully saturated rings. The zero-order chi connectivity index (χ0) is 18.4. The van der Waals surface area contributed by atoms with Crippen molar-refractivity contribution in [3.05, 3.63) is 46.2 Å². The van der Waals surface area contributed by atoms with E-state index in [2.05, 4.69) is 32.3 Å². The fourth-order valence-corrected chi connectivity index (χ4v) is 3.16. The van der Waals surface area contributed by atoms with Crippen LogP contribution in [0, 0.1) is 6.92 Å². The lowest BCUT2D eigenvalue weighted by atomic mass is 10.1. The number of nitrogens with zero attached hydrogens (tertiary/aromatic N) is 1. The van der Waals surface area contributed by atoms with E-state index in [0.29, 0.717) is 17.9 Å². The van der Waals surface area contributed by atoms with Crippen LogP contribution in [0.4, 0.5) is 16.2 Å². The highest BCUT2D eigenvalue weighted by Gasteiger charge is 2.16. The summed E-state index contributed by atoms with van der Waals surface area (Å²) in [5.41, 5.74) is 3.42. The van der Waals surface area contributed by atoms with Crippen LogP contribution in [-0.2, 0) is 4.79 Å². The van der Waals surface area contributed by atoms with E-state index in [1.165, 1.54) is 12.5 Å². The van der Waals surface area contributed by atoms with Crippen molar-refractivity contribution >= 4 is 34.6 Å². The Morgan fingerprint density at radius 2 is 1.96 bits per heavy atom. The summed E-state index contributed by atoms with van der Waals surface area (Å²) in [4.78, 5) is 25.5. The number of hydrogen-bond acceptors (Lipinski definition) is 4. The zero-order valence-electron chi connectivity index (χ0n) is 14.9. The second kappa shape index (κ2) is 8.64. The lowest BCUT2D eigenvalue weighted by Gasteiger charge is -2.24. The molecule has 0 aliphatic rings. The van der Waals surface area contributed by atoms with Crippen LogP contribution in [0.3, 0.4) is 0 Å². The van der Waals surface area contributed by atoms with Crippen LogP contribution in [0.1, 0.15) is 24.1 Å². The summed E-state index contributed by atoms with van der Waals surface area (Å²) in [6, 6.07) is 7.32. The number of hydrogen-bond donors (Lipinski definition) is 3. The molecule has 0 aliphatic heterocycles. The number of anilines is 2. The van der Waals surface area contributed by atoms with Crippen molar-refractivity contribution in [1.29, 1.82) is 0 Å². The van der Waals surface area contributed by atoms with Gasteiger partial charge in [0, 0.05) is 24.8 Å². The summed E-state index contributed by atoms with van der Waals surface area (Å²) in [5, 5.41) is 12.6. The lowest BCUT2D eigenvalue weighted by molar-refractivity contribution is -0.114. The Hall–Kier alpha value is -2.38. The quantitative estimate of drug-likeness (QED) is 0.739. The van der Waals surface area contributed by atoms with Gasteiger partial charge in [-0.1, -0.05) is 6.07 Å². The van der Waals surface area contributed by atoms with Gasteiger partial charge in [0.05, 0.1) is 6.04 Å². The topological polar surface area (TPSA) is 73.5 Å². The van der Waals surface area contributed by atoms with Crippen molar-refractivity contribution < 1.29 is 9.59 Å². The van der Waals surface area contributed by atoms with E-state index in [1.807, 2.05) is 32.5 Å². The average Bonchev–Trinajstić information content (AvgIpc) is 3.04. The molecule has 3 N–H and O–H groups in total. The monoisotopic (exact) mass is 360 g/mol. The Morgan fingerprint density at radius 3 is 2.56 bits per heavy atom. The third-order valence-corrected chi connectivity index (χ3v) is 4.51. The molecule has 7 heteroatoms. The van der Waals surface area contributed by atoms with E-state index in [9.17, 15) is 9.59 Å². The Kier molecular flexibility index (Phi) is 6.55. The van der Waals surface area contributed by atoms with Crippen molar-refractivity contribution in [3.8, 4) is 0 Å². The predicted octanol–water partition coefficient (Wildman–Crippen LogP) is 3.44. The summed E-state index contributed by atoms with van der Waals surface area (Å²) in [6.45, 7) is 3.85. The minimum absolute atomic E-state index is 0.115. The molecule has 1 aromatic carbocycles. The maximum absolute atomic E-state index is 12.3. The van der Waals surface area contributed by atoms with Gasteiger partial charge in [0.25, 0.3) is 0 Å². The largest absolute Gasteiger partial charge is 0.336 e. The Balaban J connectivity index is 1.99. The van der Waals surface area contributed by atoms with E-state index < -0.39 is 0 Å². The minimum Gasteiger partial charge on any atom is -0.336 e. The molecular weight excluding hydrogens is 336 g/mol. The Labute approximate surface area is 152 Å². The van der Waals surface area contributed by atoms with Gasteiger partial charge in [0.1, 0.15) is 0 Å². The van der Waals surface area contributed by atoms with Crippen molar-refractivity contribution in [2.75, 3.05) is 31.3 Å². The van der Waals surface area contributed by atoms with Crippen molar-refractivity contribution in [1.82, 2.24) is 10.2 Å². The molecule has 1 atom stereocenters. The number of thiophene rings is 1. The van der Waals surface area contributed by atoms with Gasteiger partial charge in [-0.15, -0.1) is 0 Å². The fraction of sp³-hybridized carbons (Fsp3) is 0.333. The summed E-state index contributed by atoms with van der Waals surface area (Å²) in [6.07, 6.45) is 0.